The van der Waals surface area contributed by atoms with Crippen molar-refractivity contribution in [2.24, 2.45) is 5.16 Å². The number of rotatable bonds is 10. The predicted molar refractivity (Wildman–Crippen MR) is 124 cm³/mol. The molecule has 1 aliphatic carbocycles. The van der Waals surface area contributed by atoms with Gasteiger partial charge in [-0.3, -0.25) is 14.3 Å². The van der Waals surface area contributed by atoms with Crippen molar-refractivity contribution < 1.29 is 28.8 Å². The number of hydrogen-bond donors (Lipinski definition) is 3. The Morgan fingerprint density at radius 3 is 2.70 bits per heavy atom. The fraction of sp³-hybridized carbons (Fsp3) is 0.333. The minimum atomic E-state index is -1.13. The van der Waals surface area contributed by atoms with Crippen LogP contribution in [0.5, 0.6) is 5.88 Å². The van der Waals surface area contributed by atoms with Crippen molar-refractivity contribution in [3.8, 4) is 5.88 Å². The van der Waals surface area contributed by atoms with Crippen LogP contribution in [0.1, 0.15) is 18.4 Å². The van der Waals surface area contributed by atoms with Crippen molar-refractivity contribution in [1.82, 2.24) is 9.97 Å². The second-order valence-corrected chi connectivity index (χ2v) is 9.95. The molecule has 0 saturated heterocycles. The molecule has 12 heteroatoms. The fourth-order valence-electron chi connectivity index (χ4n) is 2.81. The fourth-order valence-corrected chi connectivity index (χ4v) is 4.99. The van der Waals surface area contributed by atoms with Crippen molar-refractivity contribution >= 4 is 49.2 Å². The second-order valence-electron chi connectivity index (χ2n) is 7.24. The summed E-state index contributed by atoms with van der Waals surface area (Å²) in [6.07, 6.45) is 0.771. The second kappa shape index (κ2) is 10.3. The van der Waals surface area contributed by atoms with Crippen molar-refractivity contribution in [1.29, 1.82) is 0 Å². The van der Waals surface area contributed by atoms with E-state index in [0.717, 1.165) is 12.8 Å². The normalized spacial score (nSPS) is 15.8. The Hall–Kier alpha value is -2.93. The molecule has 1 fully saturated rings. The third-order valence-corrected chi connectivity index (χ3v) is 7.39. The number of methoxy groups -OCH3 is 1. The first kappa shape index (κ1) is 23.2. The van der Waals surface area contributed by atoms with E-state index in [1.54, 1.807) is 36.4 Å². The van der Waals surface area contributed by atoms with E-state index in [1.165, 1.54) is 18.4 Å². The minimum Gasteiger partial charge on any atom is -0.481 e. The summed E-state index contributed by atoms with van der Waals surface area (Å²) in [4.78, 5) is 28.0. The van der Waals surface area contributed by atoms with E-state index in [9.17, 15) is 14.1 Å². The third-order valence-electron chi connectivity index (χ3n) is 4.70. The van der Waals surface area contributed by atoms with Gasteiger partial charge >= 0.3 is 0 Å². The quantitative estimate of drug-likeness (QED) is 0.288. The number of pyridine rings is 1. The van der Waals surface area contributed by atoms with Crippen LogP contribution < -0.4 is 10.1 Å². The topological polar surface area (TPSA) is 143 Å². The van der Waals surface area contributed by atoms with E-state index in [-0.39, 0.29) is 17.6 Å². The van der Waals surface area contributed by atoms with Crippen molar-refractivity contribution in [3.05, 3.63) is 42.0 Å². The van der Waals surface area contributed by atoms with Crippen LogP contribution in [0, 0.1) is 0 Å². The molecule has 2 atom stereocenters. The molecule has 2 heterocycles. The Bertz CT molecular complexity index is 1190. The Morgan fingerprint density at radius 2 is 2.03 bits per heavy atom. The number of nitrogens with zero attached hydrogens (tertiary/aromatic N) is 3. The number of amides is 1. The van der Waals surface area contributed by atoms with Crippen LogP contribution in [0.25, 0.3) is 10.3 Å². The molecule has 33 heavy (non-hydrogen) atoms. The first-order valence-electron chi connectivity index (χ1n) is 10.1. The lowest BCUT2D eigenvalue weighted by Gasteiger charge is -2.09. The lowest BCUT2D eigenvalue weighted by molar-refractivity contribution is -0.110. The number of anilines is 1. The molecule has 1 aliphatic rings. The molecule has 3 aromatic rings. The van der Waals surface area contributed by atoms with Gasteiger partial charge in [0.05, 0.1) is 24.5 Å². The van der Waals surface area contributed by atoms with Crippen molar-refractivity contribution in [2.75, 3.05) is 25.6 Å². The van der Waals surface area contributed by atoms with E-state index in [0.29, 0.717) is 31.8 Å². The highest BCUT2D eigenvalue weighted by atomic mass is 32.2. The average molecular weight is 491 g/mol. The van der Waals surface area contributed by atoms with Gasteiger partial charge < -0.3 is 19.8 Å². The summed E-state index contributed by atoms with van der Waals surface area (Å²) in [5.74, 6) is -0.152. The smallest absolute Gasteiger partial charge is 0.280 e. The monoisotopic (exact) mass is 490 g/mol. The molecular weight excluding hydrogens is 468 g/mol. The summed E-state index contributed by atoms with van der Waals surface area (Å²) in [5, 5.41) is 25.5. The zero-order valence-electron chi connectivity index (χ0n) is 17.6. The number of fused-ring (bicyclic) bond motifs is 1. The number of aliphatic hydroxyl groups is 2. The van der Waals surface area contributed by atoms with Crippen molar-refractivity contribution in [2.45, 2.75) is 29.1 Å². The number of thiazole rings is 1. The summed E-state index contributed by atoms with van der Waals surface area (Å²) in [6.45, 7) is -0.789. The van der Waals surface area contributed by atoms with Gasteiger partial charge in [-0.1, -0.05) is 28.6 Å². The predicted octanol–water partition coefficient (Wildman–Crippen LogP) is 1.68. The van der Waals surface area contributed by atoms with Gasteiger partial charge in [-0.25, -0.2) is 9.97 Å². The molecule has 1 amide bonds. The number of aliphatic hydroxyl groups excluding tert-OH is 2. The molecule has 0 radical (unpaired) electrons. The Kier molecular flexibility index (Phi) is 7.28. The first-order valence-corrected chi connectivity index (χ1v) is 12.1. The van der Waals surface area contributed by atoms with E-state index >= 15 is 0 Å². The number of carbonyl (C=O) groups excluding carboxylic acids is 1. The number of oxime groups is 1. The lowest BCUT2D eigenvalue weighted by Crippen LogP contribution is -2.25. The molecular formula is C21H22N4O6S2. The number of aromatic nitrogens is 2. The largest absolute Gasteiger partial charge is 0.481 e. The van der Waals surface area contributed by atoms with Gasteiger partial charge in [0.2, 0.25) is 5.88 Å². The molecule has 1 unspecified atom stereocenters. The number of nitrogens with one attached hydrogen (secondary N) is 1. The molecule has 0 spiro atoms. The van der Waals surface area contributed by atoms with E-state index < -0.39 is 29.4 Å². The highest BCUT2D eigenvalue weighted by Crippen LogP contribution is 2.30. The van der Waals surface area contributed by atoms with E-state index in [2.05, 4.69) is 20.4 Å². The van der Waals surface area contributed by atoms with Crippen LogP contribution in [0.4, 0.5) is 5.13 Å². The minimum absolute atomic E-state index is 0.0614. The molecule has 174 valence electrons. The van der Waals surface area contributed by atoms with Crippen LogP contribution in [0.2, 0.25) is 0 Å². The summed E-state index contributed by atoms with van der Waals surface area (Å²) in [7, 11) is 0.443. The molecule has 1 saturated carbocycles. The molecule has 2 aromatic heterocycles. The van der Waals surface area contributed by atoms with Gasteiger partial charge in [-0.05, 0) is 31.0 Å². The van der Waals surface area contributed by atoms with Gasteiger partial charge in [0.15, 0.2) is 10.8 Å². The number of ether oxygens (including phenoxy) is 1. The van der Waals surface area contributed by atoms with Gasteiger partial charge in [-0.15, -0.1) is 0 Å². The SMILES string of the molecule is COc1ccc2nc(NC(=O)/C(=N/OC[C@H](O)CO)c3ccc(S(=O)C4CC4)cc3)sc2n1. The van der Waals surface area contributed by atoms with Gasteiger partial charge in [0.25, 0.3) is 5.91 Å². The molecule has 1 aromatic carbocycles. The zero-order chi connectivity index (χ0) is 23.4. The Morgan fingerprint density at radius 1 is 1.27 bits per heavy atom. The third kappa shape index (κ3) is 5.71. The summed E-state index contributed by atoms with van der Waals surface area (Å²) in [6, 6.07) is 10.1. The highest BCUT2D eigenvalue weighted by molar-refractivity contribution is 7.86. The lowest BCUT2D eigenvalue weighted by atomic mass is 10.1. The molecule has 0 aliphatic heterocycles. The standard InChI is InChI=1S/C21H22N4O6S2/c1-30-17-9-8-16-20(23-17)32-21(22-16)24-19(28)18(25-31-11-13(27)10-26)12-2-4-14(5-3-12)33(29)15-6-7-15/h2-5,8-9,13,15,26-27H,6-7,10-11H2,1H3,(H,22,24,28)/b25-18+/t13-,33?/m1/s1. The highest BCUT2D eigenvalue weighted by Gasteiger charge is 2.29. The summed E-state index contributed by atoms with van der Waals surface area (Å²) < 4.78 is 17.5. The zero-order valence-corrected chi connectivity index (χ0v) is 19.3. The average Bonchev–Trinajstić information content (AvgIpc) is 3.61. The van der Waals surface area contributed by atoms with Crippen LogP contribution in [0.15, 0.2) is 46.4 Å². The van der Waals surface area contributed by atoms with Crippen LogP contribution in [0.3, 0.4) is 0 Å². The van der Waals surface area contributed by atoms with E-state index in [4.69, 9.17) is 14.7 Å². The van der Waals surface area contributed by atoms with Crippen molar-refractivity contribution in [3.63, 3.8) is 0 Å². The van der Waals surface area contributed by atoms with Crippen LogP contribution in [-0.2, 0) is 20.4 Å². The maximum atomic E-state index is 13.0. The van der Waals surface area contributed by atoms with Gasteiger partial charge in [-0.2, -0.15) is 0 Å². The molecule has 10 nitrogen and oxygen atoms in total. The molecule has 0 bridgehead atoms. The maximum Gasteiger partial charge on any atom is 0.280 e. The summed E-state index contributed by atoms with van der Waals surface area (Å²) >= 11 is 1.17. The number of carbonyl (C=O) groups is 1. The summed E-state index contributed by atoms with van der Waals surface area (Å²) in [5.41, 5.74) is 0.973. The maximum absolute atomic E-state index is 13.0. The Balaban J connectivity index is 1.56. The number of benzene rings is 1. The Labute approximate surface area is 195 Å². The molecule has 3 N–H and O–H groups in total. The van der Waals surface area contributed by atoms with Gasteiger partial charge in [0.1, 0.15) is 23.1 Å². The van der Waals surface area contributed by atoms with E-state index in [1.807, 2.05) is 0 Å². The first-order chi connectivity index (χ1) is 16.0. The van der Waals surface area contributed by atoms with Gasteiger partial charge in [0, 0.05) is 21.8 Å². The van der Waals surface area contributed by atoms with Crippen LogP contribution in [-0.4, -0.2) is 67.7 Å². The van der Waals surface area contributed by atoms with Crippen LogP contribution >= 0.6 is 11.3 Å². The molecule has 4 rings (SSSR count). The number of hydrogen-bond acceptors (Lipinski definition) is 10.